The molecule has 1 aliphatic heterocycles. The maximum Gasteiger partial charge on any atom is 0.0773 e. The Morgan fingerprint density at radius 1 is 1.57 bits per heavy atom. The van der Waals surface area contributed by atoms with E-state index in [0.29, 0.717) is 6.54 Å². The van der Waals surface area contributed by atoms with E-state index in [1.807, 2.05) is 17.1 Å². The highest BCUT2D eigenvalue weighted by Gasteiger charge is 2.33. The van der Waals surface area contributed by atoms with Gasteiger partial charge in [0.1, 0.15) is 0 Å². The summed E-state index contributed by atoms with van der Waals surface area (Å²) in [4.78, 5) is 0. The molecule has 0 bridgehead atoms. The number of halogens is 1. The third kappa shape index (κ3) is 1.71. The van der Waals surface area contributed by atoms with Gasteiger partial charge in [-0.25, -0.2) is 0 Å². The maximum atomic E-state index is 5.88. The average molecular weight is 259 g/mol. The Labute approximate surface area is 92.0 Å². The topological polar surface area (TPSA) is 55.9 Å². The Hall–Kier alpha value is -0.390. The van der Waals surface area contributed by atoms with E-state index in [1.165, 1.54) is 0 Å². The van der Waals surface area contributed by atoms with Gasteiger partial charge in [0.2, 0.25) is 0 Å². The van der Waals surface area contributed by atoms with Crippen LogP contribution in [0.15, 0.2) is 16.9 Å². The van der Waals surface area contributed by atoms with Gasteiger partial charge in [0.15, 0.2) is 0 Å². The second-order valence-corrected chi connectivity index (χ2v) is 4.70. The van der Waals surface area contributed by atoms with E-state index in [2.05, 4.69) is 26.3 Å². The predicted octanol–water partition coefficient (Wildman–Crippen LogP) is 0.683. The minimum absolute atomic E-state index is 0.0251. The molecule has 0 atom stereocenters. The Morgan fingerprint density at radius 3 is 2.79 bits per heavy atom. The summed E-state index contributed by atoms with van der Waals surface area (Å²) in [5.74, 6) is 0. The molecule has 2 rings (SSSR count). The molecule has 1 saturated heterocycles. The van der Waals surface area contributed by atoms with Gasteiger partial charge in [0, 0.05) is 12.7 Å². The van der Waals surface area contributed by atoms with Crippen LogP contribution in [-0.2, 0) is 5.54 Å². The highest BCUT2D eigenvalue weighted by Crippen LogP contribution is 2.26. The summed E-state index contributed by atoms with van der Waals surface area (Å²) < 4.78 is 3.03. The SMILES string of the molecule is NCC1(n2cc(Br)cn2)CCNCC1. The van der Waals surface area contributed by atoms with E-state index in [4.69, 9.17) is 5.73 Å². The molecule has 5 heteroatoms. The normalized spacial score (nSPS) is 21.0. The van der Waals surface area contributed by atoms with Gasteiger partial charge in [-0.1, -0.05) is 0 Å². The summed E-state index contributed by atoms with van der Waals surface area (Å²) in [5, 5.41) is 7.69. The molecular formula is C9H15BrN4. The van der Waals surface area contributed by atoms with E-state index < -0.39 is 0 Å². The van der Waals surface area contributed by atoms with E-state index in [9.17, 15) is 0 Å². The lowest BCUT2D eigenvalue weighted by molar-refractivity contribution is 0.193. The molecule has 0 saturated carbocycles. The predicted molar refractivity (Wildman–Crippen MR) is 59.1 cm³/mol. The molecule has 78 valence electrons. The summed E-state index contributed by atoms with van der Waals surface area (Å²) in [6, 6.07) is 0. The summed E-state index contributed by atoms with van der Waals surface area (Å²) in [6.45, 7) is 2.70. The first-order valence-corrected chi connectivity index (χ1v) is 5.68. The zero-order valence-electron chi connectivity index (χ0n) is 8.04. The molecule has 0 spiro atoms. The van der Waals surface area contributed by atoms with Crippen LogP contribution in [-0.4, -0.2) is 29.4 Å². The quantitative estimate of drug-likeness (QED) is 0.821. The summed E-state index contributed by atoms with van der Waals surface area (Å²) in [7, 11) is 0. The Kier molecular flexibility index (Phi) is 2.90. The fraction of sp³-hybridized carbons (Fsp3) is 0.667. The minimum Gasteiger partial charge on any atom is -0.328 e. The van der Waals surface area contributed by atoms with Gasteiger partial charge in [0.05, 0.1) is 16.2 Å². The molecule has 0 aromatic carbocycles. The highest BCUT2D eigenvalue weighted by atomic mass is 79.9. The monoisotopic (exact) mass is 258 g/mol. The van der Waals surface area contributed by atoms with Crippen molar-refractivity contribution in [2.75, 3.05) is 19.6 Å². The number of aromatic nitrogens is 2. The zero-order chi connectivity index (χ0) is 10.0. The summed E-state index contributed by atoms with van der Waals surface area (Å²) >= 11 is 3.41. The minimum atomic E-state index is 0.0251. The van der Waals surface area contributed by atoms with E-state index >= 15 is 0 Å². The maximum absolute atomic E-state index is 5.88. The molecule has 4 nitrogen and oxygen atoms in total. The van der Waals surface area contributed by atoms with Crippen molar-refractivity contribution >= 4 is 15.9 Å². The van der Waals surface area contributed by atoms with Crippen LogP contribution >= 0.6 is 15.9 Å². The number of piperidine rings is 1. The molecule has 1 aromatic rings. The lowest BCUT2D eigenvalue weighted by atomic mass is 9.89. The van der Waals surface area contributed by atoms with Crippen LogP contribution in [0.2, 0.25) is 0 Å². The fourth-order valence-electron chi connectivity index (χ4n) is 1.98. The van der Waals surface area contributed by atoms with Crippen LogP contribution in [0.1, 0.15) is 12.8 Å². The molecule has 1 fully saturated rings. The van der Waals surface area contributed by atoms with Crippen LogP contribution in [0.5, 0.6) is 0 Å². The Morgan fingerprint density at radius 2 is 2.29 bits per heavy atom. The van der Waals surface area contributed by atoms with Gasteiger partial charge in [-0.2, -0.15) is 5.10 Å². The molecule has 1 aromatic heterocycles. The lowest BCUT2D eigenvalue weighted by Crippen LogP contribution is -2.49. The van der Waals surface area contributed by atoms with E-state index in [-0.39, 0.29) is 5.54 Å². The van der Waals surface area contributed by atoms with Gasteiger partial charge >= 0.3 is 0 Å². The van der Waals surface area contributed by atoms with E-state index in [1.54, 1.807) is 0 Å². The molecule has 1 aliphatic rings. The summed E-state index contributed by atoms with van der Waals surface area (Å²) in [6.07, 6.45) is 5.94. The second-order valence-electron chi connectivity index (χ2n) is 3.78. The number of hydrogen-bond donors (Lipinski definition) is 2. The molecule has 0 amide bonds. The number of nitrogens with two attached hydrogens (primary N) is 1. The van der Waals surface area contributed by atoms with Gasteiger partial charge in [-0.3, -0.25) is 4.68 Å². The first-order valence-electron chi connectivity index (χ1n) is 4.88. The van der Waals surface area contributed by atoms with Gasteiger partial charge in [-0.15, -0.1) is 0 Å². The molecule has 2 heterocycles. The van der Waals surface area contributed by atoms with Crippen LogP contribution in [0.25, 0.3) is 0 Å². The first kappa shape index (κ1) is 10.1. The van der Waals surface area contributed by atoms with Crippen molar-refractivity contribution in [2.45, 2.75) is 18.4 Å². The van der Waals surface area contributed by atoms with Crippen LogP contribution in [0.4, 0.5) is 0 Å². The smallest absolute Gasteiger partial charge is 0.0773 e. The van der Waals surface area contributed by atoms with Crippen molar-refractivity contribution in [3.63, 3.8) is 0 Å². The van der Waals surface area contributed by atoms with Crippen molar-refractivity contribution in [3.8, 4) is 0 Å². The third-order valence-electron chi connectivity index (χ3n) is 2.95. The van der Waals surface area contributed by atoms with Crippen LogP contribution < -0.4 is 11.1 Å². The molecular weight excluding hydrogens is 244 g/mol. The van der Waals surface area contributed by atoms with Crippen LogP contribution in [0.3, 0.4) is 0 Å². The zero-order valence-corrected chi connectivity index (χ0v) is 9.63. The Bertz CT molecular complexity index is 304. The molecule has 0 radical (unpaired) electrons. The third-order valence-corrected chi connectivity index (χ3v) is 3.36. The van der Waals surface area contributed by atoms with Crippen molar-refractivity contribution in [3.05, 3.63) is 16.9 Å². The van der Waals surface area contributed by atoms with Crippen LogP contribution in [0, 0.1) is 0 Å². The largest absolute Gasteiger partial charge is 0.328 e. The average Bonchev–Trinajstić information content (AvgIpc) is 2.66. The summed E-state index contributed by atoms with van der Waals surface area (Å²) in [5.41, 5.74) is 5.90. The lowest BCUT2D eigenvalue weighted by Gasteiger charge is -2.36. The van der Waals surface area contributed by atoms with E-state index in [0.717, 1.165) is 30.4 Å². The number of hydrogen-bond acceptors (Lipinski definition) is 3. The standard InChI is InChI=1S/C9H15BrN4/c10-8-5-13-14(6-8)9(7-11)1-3-12-4-2-9/h5-6,12H,1-4,7,11H2. The van der Waals surface area contributed by atoms with Crippen molar-refractivity contribution in [1.29, 1.82) is 0 Å². The first-order chi connectivity index (χ1) is 6.77. The molecule has 0 unspecified atom stereocenters. The molecule has 3 N–H and O–H groups in total. The Balaban J connectivity index is 2.26. The number of rotatable bonds is 2. The van der Waals surface area contributed by atoms with Crippen molar-refractivity contribution in [1.82, 2.24) is 15.1 Å². The van der Waals surface area contributed by atoms with Gasteiger partial charge in [0.25, 0.3) is 0 Å². The van der Waals surface area contributed by atoms with Gasteiger partial charge in [-0.05, 0) is 41.9 Å². The second kappa shape index (κ2) is 4.00. The number of nitrogens with one attached hydrogen (secondary N) is 1. The fourth-order valence-corrected chi connectivity index (χ4v) is 2.26. The molecule has 14 heavy (non-hydrogen) atoms. The number of nitrogens with zero attached hydrogens (tertiary/aromatic N) is 2. The van der Waals surface area contributed by atoms with Crippen molar-refractivity contribution in [2.24, 2.45) is 5.73 Å². The molecule has 0 aliphatic carbocycles. The van der Waals surface area contributed by atoms with Crippen molar-refractivity contribution < 1.29 is 0 Å². The highest BCUT2D eigenvalue weighted by molar-refractivity contribution is 9.10. The van der Waals surface area contributed by atoms with Gasteiger partial charge < -0.3 is 11.1 Å².